The summed E-state index contributed by atoms with van der Waals surface area (Å²) in [5.41, 5.74) is 2.10. The number of rotatable bonds is 7. The first kappa shape index (κ1) is 21.9. The van der Waals surface area contributed by atoms with Gasteiger partial charge in [0, 0.05) is 29.4 Å². The Morgan fingerprint density at radius 1 is 1.13 bits per heavy atom. The van der Waals surface area contributed by atoms with E-state index >= 15 is 0 Å². The van der Waals surface area contributed by atoms with Crippen molar-refractivity contribution in [2.24, 2.45) is 0 Å². The lowest BCUT2D eigenvalue weighted by Gasteiger charge is -2.17. The Kier molecular flexibility index (Phi) is 6.94. The number of nitro benzene ring substituents is 1. The SMILES string of the molecule is CCOc1ccc(NC(=S)/C(=C(\[O-])c2ccc([N+](=O)[O-])cc2)[n+]2cccc(C)c2)cc1. The van der Waals surface area contributed by atoms with Gasteiger partial charge in [-0.2, -0.15) is 4.57 Å². The van der Waals surface area contributed by atoms with E-state index in [1.807, 2.05) is 50.2 Å². The maximum Gasteiger partial charge on any atom is 0.269 e. The van der Waals surface area contributed by atoms with Crippen LogP contribution >= 0.6 is 12.2 Å². The van der Waals surface area contributed by atoms with Crippen LogP contribution in [0.25, 0.3) is 11.5 Å². The second kappa shape index (κ2) is 9.82. The van der Waals surface area contributed by atoms with Gasteiger partial charge in [-0.05, 0) is 67.6 Å². The van der Waals surface area contributed by atoms with Crippen molar-refractivity contribution < 1.29 is 19.3 Å². The number of aromatic nitrogens is 1. The van der Waals surface area contributed by atoms with Crippen LogP contribution in [0.1, 0.15) is 18.1 Å². The molecule has 0 amide bonds. The first-order chi connectivity index (χ1) is 14.9. The molecule has 158 valence electrons. The summed E-state index contributed by atoms with van der Waals surface area (Å²) < 4.78 is 7.10. The normalized spacial score (nSPS) is 11.4. The molecule has 8 heteroatoms. The molecular weight excluding hydrogens is 414 g/mol. The zero-order valence-electron chi connectivity index (χ0n) is 17.1. The molecule has 2 aromatic carbocycles. The Morgan fingerprint density at radius 3 is 2.39 bits per heavy atom. The van der Waals surface area contributed by atoms with Crippen molar-refractivity contribution in [3.8, 4) is 5.75 Å². The van der Waals surface area contributed by atoms with Crippen LogP contribution < -0.4 is 19.7 Å². The van der Waals surface area contributed by atoms with E-state index in [1.54, 1.807) is 17.0 Å². The zero-order chi connectivity index (χ0) is 22.4. The van der Waals surface area contributed by atoms with Gasteiger partial charge in [0.1, 0.15) is 5.75 Å². The molecular formula is C23H21N3O4S. The van der Waals surface area contributed by atoms with E-state index in [0.717, 1.165) is 11.3 Å². The number of hydrogen-bond donors (Lipinski definition) is 1. The number of non-ortho nitro benzene ring substituents is 1. The van der Waals surface area contributed by atoms with E-state index in [1.165, 1.54) is 24.3 Å². The molecule has 0 aliphatic rings. The minimum absolute atomic E-state index is 0.0867. The third-order valence-corrected chi connectivity index (χ3v) is 4.70. The van der Waals surface area contributed by atoms with Crippen LogP contribution in [-0.2, 0) is 0 Å². The Balaban J connectivity index is 2.00. The Bertz CT molecular complexity index is 1130. The van der Waals surface area contributed by atoms with E-state index in [4.69, 9.17) is 17.0 Å². The van der Waals surface area contributed by atoms with Gasteiger partial charge in [-0.1, -0.05) is 12.2 Å². The third kappa shape index (κ3) is 5.43. The van der Waals surface area contributed by atoms with Crippen molar-refractivity contribution in [3.05, 3.63) is 94.3 Å². The number of pyridine rings is 1. The molecule has 0 fully saturated rings. The number of ether oxygens (including phenoxy) is 1. The summed E-state index contributed by atoms with van der Waals surface area (Å²) in [5.74, 6) is 0.382. The molecule has 0 aliphatic carbocycles. The summed E-state index contributed by atoms with van der Waals surface area (Å²) in [6, 6.07) is 16.4. The lowest BCUT2D eigenvalue weighted by molar-refractivity contribution is -0.578. The maximum absolute atomic E-state index is 13.3. The molecule has 0 bridgehead atoms. The van der Waals surface area contributed by atoms with E-state index in [9.17, 15) is 15.2 Å². The van der Waals surface area contributed by atoms with Crippen LogP contribution in [0.4, 0.5) is 11.4 Å². The summed E-state index contributed by atoms with van der Waals surface area (Å²) in [7, 11) is 0. The largest absolute Gasteiger partial charge is 0.867 e. The molecule has 0 saturated heterocycles. The lowest BCUT2D eigenvalue weighted by Crippen LogP contribution is -2.40. The Hall–Kier alpha value is -3.78. The van der Waals surface area contributed by atoms with Crippen molar-refractivity contribution in [2.75, 3.05) is 11.9 Å². The van der Waals surface area contributed by atoms with Crippen molar-refractivity contribution in [1.82, 2.24) is 0 Å². The third-order valence-electron chi connectivity index (χ3n) is 4.40. The van der Waals surface area contributed by atoms with Gasteiger partial charge in [-0.25, -0.2) is 0 Å². The molecule has 7 nitrogen and oxygen atoms in total. The smallest absolute Gasteiger partial charge is 0.269 e. The molecule has 31 heavy (non-hydrogen) atoms. The quantitative estimate of drug-likeness (QED) is 0.152. The molecule has 1 aromatic heterocycles. The van der Waals surface area contributed by atoms with Gasteiger partial charge in [-0.15, -0.1) is 0 Å². The predicted octanol–water partition coefficient (Wildman–Crippen LogP) is 3.72. The van der Waals surface area contributed by atoms with Crippen molar-refractivity contribution in [1.29, 1.82) is 0 Å². The summed E-state index contributed by atoms with van der Waals surface area (Å²) in [5, 5.41) is 27.4. The van der Waals surface area contributed by atoms with Gasteiger partial charge < -0.3 is 15.2 Å². The number of benzene rings is 2. The molecule has 3 rings (SSSR count). The minimum atomic E-state index is -0.508. The van der Waals surface area contributed by atoms with Crippen molar-refractivity contribution >= 4 is 40.0 Å². The first-order valence-corrected chi connectivity index (χ1v) is 9.98. The number of aryl methyl sites for hydroxylation is 1. The summed E-state index contributed by atoms with van der Waals surface area (Å²) in [6.45, 7) is 4.38. The molecule has 3 aromatic rings. The molecule has 0 unspecified atom stereocenters. The summed E-state index contributed by atoms with van der Waals surface area (Å²) in [4.78, 5) is 10.6. The summed E-state index contributed by atoms with van der Waals surface area (Å²) >= 11 is 5.58. The topological polar surface area (TPSA) is 91.3 Å². The molecule has 0 saturated carbocycles. The maximum atomic E-state index is 13.3. The molecule has 0 spiro atoms. The first-order valence-electron chi connectivity index (χ1n) is 9.57. The standard InChI is InChI=1S/C23H21N3O4S/c1-3-30-20-12-8-18(9-13-20)24-23(31)21(25-14-4-5-16(2)15-25)22(27)17-6-10-19(11-7-17)26(28)29/h4-15H,3H2,1-2H3,(H-,24,27,31). The van der Waals surface area contributed by atoms with Gasteiger partial charge >= 0.3 is 0 Å². The highest BCUT2D eigenvalue weighted by Crippen LogP contribution is 2.21. The van der Waals surface area contributed by atoms with Gasteiger partial charge in [0.25, 0.3) is 5.69 Å². The lowest BCUT2D eigenvalue weighted by atomic mass is 10.1. The number of nitrogens with one attached hydrogen (secondary N) is 1. The van der Waals surface area contributed by atoms with Crippen LogP contribution in [-0.4, -0.2) is 16.5 Å². The second-order valence-corrected chi connectivity index (χ2v) is 7.09. The molecule has 0 atom stereocenters. The number of thiocarbonyl (C=S) groups is 1. The second-order valence-electron chi connectivity index (χ2n) is 6.68. The highest BCUT2D eigenvalue weighted by Gasteiger charge is 2.19. The van der Waals surface area contributed by atoms with Gasteiger partial charge in [0.05, 0.1) is 11.5 Å². The van der Waals surface area contributed by atoms with Crippen LogP contribution in [0, 0.1) is 17.0 Å². The fourth-order valence-electron chi connectivity index (χ4n) is 2.93. The predicted molar refractivity (Wildman–Crippen MR) is 121 cm³/mol. The van der Waals surface area contributed by atoms with Gasteiger partial charge in [0.15, 0.2) is 17.4 Å². The van der Waals surface area contributed by atoms with Gasteiger partial charge in [0.2, 0.25) is 5.70 Å². The van der Waals surface area contributed by atoms with Crippen LogP contribution in [0.5, 0.6) is 5.75 Å². The van der Waals surface area contributed by atoms with Crippen LogP contribution in [0.3, 0.4) is 0 Å². The van der Waals surface area contributed by atoms with Crippen molar-refractivity contribution in [2.45, 2.75) is 13.8 Å². The molecule has 1 heterocycles. The van der Waals surface area contributed by atoms with E-state index in [-0.39, 0.29) is 22.1 Å². The molecule has 0 radical (unpaired) electrons. The van der Waals surface area contributed by atoms with E-state index < -0.39 is 4.92 Å². The highest BCUT2D eigenvalue weighted by molar-refractivity contribution is 7.81. The van der Waals surface area contributed by atoms with Gasteiger partial charge in [-0.3, -0.25) is 10.1 Å². The average molecular weight is 436 g/mol. The minimum Gasteiger partial charge on any atom is -0.867 e. The average Bonchev–Trinajstić information content (AvgIpc) is 2.75. The summed E-state index contributed by atoms with van der Waals surface area (Å²) in [6.07, 6.45) is 3.53. The molecule has 1 N–H and O–H groups in total. The van der Waals surface area contributed by atoms with Crippen LogP contribution in [0.2, 0.25) is 0 Å². The monoisotopic (exact) mass is 435 g/mol. The number of hydrogen-bond acceptors (Lipinski definition) is 5. The Labute approximate surface area is 185 Å². The van der Waals surface area contributed by atoms with Crippen molar-refractivity contribution in [3.63, 3.8) is 0 Å². The molecule has 0 aliphatic heterocycles. The number of nitro groups is 1. The van der Waals surface area contributed by atoms with Crippen LogP contribution in [0.15, 0.2) is 73.1 Å². The fraction of sp³-hybridized carbons (Fsp3) is 0.130. The number of nitrogens with zero attached hydrogens (tertiary/aromatic N) is 2. The zero-order valence-corrected chi connectivity index (χ0v) is 17.9. The highest BCUT2D eigenvalue weighted by atomic mass is 32.1. The number of anilines is 1. The fourth-order valence-corrected chi connectivity index (χ4v) is 3.25. The Morgan fingerprint density at radius 2 is 1.81 bits per heavy atom. The van der Waals surface area contributed by atoms with E-state index in [2.05, 4.69) is 5.32 Å². The van der Waals surface area contributed by atoms with E-state index in [0.29, 0.717) is 17.9 Å².